The van der Waals surface area contributed by atoms with E-state index in [1.807, 2.05) is 18.2 Å². The Hall–Kier alpha value is -2.80. The normalized spacial score (nSPS) is 16.6. The number of benzene rings is 2. The summed E-state index contributed by atoms with van der Waals surface area (Å²) in [6, 6.07) is 12.5. The first-order valence-corrected chi connectivity index (χ1v) is 12.0. The zero-order chi connectivity index (χ0) is 20.7. The maximum absolute atomic E-state index is 13.2. The van der Waals surface area contributed by atoms with Gasteiger partial charge in [-0.1, -0.05) is 18.2 Å². The molecule has 0 unspecified atom stereocenters. The van der Waals surface area contributed by atoms with Gasteiger partial charge < -0.3 is 9.32 Å². The molecule has 5 rings (SSSR count). The van der Waals surface area contributed by atoms with Crippen molar-refractivity contribution >= 4 is 32.4 Å². The Balaban J connectivity index is 1.62. The Morgan fingerprint density at radius 2 is 1.63 bits per heavy atom. The zero-order valence-electron chi connectivity index (χ0n) is 16.7. The van der Waals surface area contributed by atoms with Crippen molar-refractivity contribution in [1.82, 2.24) is 0 Å². The first kappa shape index (κ1) is 19.2. The van der Waals surface area contributed by atoms with Crippen LogP contribution in [-0.4, -0.2) is 21.5 Å². The monoisotopic (exact) mass is 424 g/mol. The van der Waals surface area contributed by atoms with Crippen LogP contribution in [0, 0.1) is 0 Å². The lowest BCUT2D eigenvalue weighted by Crippen LogP contribution is -2.26. The molecule has 0 radical (unpaired) electrons. The van der Waals surface area contributed by atoms with Gasteiger partial charge >= 0.3 is 5.63 Å². The Bertz CT molecular complexity index is 1270. The van der Waals surface area contributed by atoms with Gasteiger partial charge in [-0.15, -0.1) is 0 Å². The summed E-state index contributed by atoms with van der Waals surface area (Å²) in [4.78, 5) is 15.1. The lowest BCUT2D eigenvalue weighted by atomic mass is 9.92. The van der Waals surface area contributed by atoms with Crippen molar-refractivity contribution in [2.45, 2.75) is 43.4 Å². The molecule has 7 heteroatoms. The molecule has 6 nitrogen and oxygen atoms in total. The van der Waals surface area contributed by atoms with Crippen LogP contribution in [0.3, 0.4) is 0 Å². The van der Waals surface area contributed by atoms with E-state index in [-0.39, 0.29) is 10.6 Å². The molecule has 1 aliphatic carbocycles. The average molecular weight is 425 g/mol. The van der Waals surface area contributed by atoms with E-state index < -0.39 is 15.6 Å². The minimum atomic E-state index is -3.93. The van der Waals surface area contributed by atoms with Crippen LogP contribution in [0.15, 0.2) is 56.6 Å². The number of fused-ring (bicyclic) bond motifs is 2. The number of anilines is 2. The SMILES string of the molecule is O=c1oc2ccccc2c(N2CCCC2)c1NS(=O)(=O)c1ccc2c(c1)CCCC2. The molecular formula is C23H24N2O4S. The van der Waals surface area contributed by atoms with Crippen LogP contribution in [0.2, 0.25) is 0 Å². The first-order chi connectivity index (χ1) is 14.5. The van der Waals surface area contributed by atoms with Crippen LogP contribution in [-0.2, 0) is 22.9 Å². The molecule has 3 aromatic rings. The van der Waals surface area contributed by atoms with Crippen LogP contribution in [0.25, 0.3) is 11.0 Å². The lowest BCUT2D eigenvalue weighted by molar-refractivity contribution is 0.562. The van der Waals surface area contributed by atoms with Gasteiger partial charge in [-0.3, -0.25) is 4.72 Å². The number of rotatable bonds is 4. The van der Waals surface area contributed by atoms with E-state index in [0.717, 1.165) is 62.6 Å². The summed E-state index contributed by atoms with van der Waals surface area (Å²) < 4.78 is 34.5. The minimum Gasteiger partial charge on any atom is -0.421 e. The maximum Gasteiger partial charge on any atom is 0.363 e. The summed E-state index contributed by atoms with van der Waals surface area (Å²) in [5, 5.41) is 0.738. The topological polar surface area (TPSA) is 79.6 Å². The van der Waals surface area contributed by atoms with E-state index in [1.54, 1.807) is 24.3 Å². The third-order valence-electron chi connectivity index (χ3n) is 6.07. The molecule has 1 saturated heterocycles. The summed E-state index contributed by atoms with van der Waals surface area (Å²) in [6.07, 6.45) is 6.08. The number of para-hydroxylation sites is 1. The third kappa shape index (κ3) is 3.37. The average Bonchev–Trinajstić information content (AvgIpc) is 3.28. The van der Waals surface area contributed by atoms with Crippen LogP contribution in [0.5, 0.6) is 0 Å². The van der Waals surface area contributed by atoms with Gasteiger partial charge in [-0.2, -0.15) is 0 Å². The quantitative estimate of drug-likeness (QED) is 0.639. The number of sulfonamides is 1. The number of aryl methyl sites for hydroxylation is 2. The summed E-state index contributed by atoms with van der Waals surface area (Å²) in [5.74, 6) is 0. The van der Waals surface area contributed by atoms with E-state index in [9.17, 15) is 13.2 Å². The van der Waals surface area contributed by atoms with Gasteiger partial charge in [0.25, 0.3) is 10.0 Å². The van der Waals surface area contributed by atoms with E-state index in [2.05, 4.69) is 9.62 Å². The highest BCUT2D eigenvalue weighted by Crippen LogP contribution is 2.35. The van der Waals surface area contributed by atoms with Crippen LogP contribution in [0.4, 0.5) is 11.4 Å². The van der Waals surface area contributed by atoms with Gasteiger partial charge in [0, 0.05) is 18.5 Å². The van der Waals surface area contributed by atoms with E-state index >= 15 is 0 Å². The Kier molecular flexibility index (Phi) is 4.77. The van der Waals surface area contributed by atoms with Crippen molar-refractivity contribution in [3.63, 3.8) is 0 Å². The van der Waals surface area contributed by atoms with E-state index in [4.69, 9.17) is 4.42 Å². The largest absolute Gasteiger partial charge is 0.421 e. The lowest BCUT2D eigenvalue weighted by Gasteiger charge is -2.23. The van der Waals surface area contributed by atoms with Crippen molar-refractivity contribution in [2.24, 2.45) is 0 Å². The second kappa shape index (κ2) is 7.47. The van der Waals surface area contributed by atoms with Crippen molar-refractivity contribution in [2.75, 3.05) is 22.7 Å². The van der Waals surface area contributed by atoms with Crippen molar-refractivity contribution < 1.29 is 12.8 Å². The van der Waals surface area contributed by atoms with Gasteiger partial charge in [-0.05, 0) is 73.9 Å². The molecule has 0 amide bonds. The third-order valence-corrected chi connectivity index (χ3v) is 7.42. The predicted octanol–water partition coefficient (Wildman–Crippen LogP) is 4.07. The van der Waals surface area contributed by atoms with Crippen LogP contribution >= 0.6 is 0 Å². The maximum atomic E-state index is 13.2. The molecule has 2 aliphatic rings. The molecule has 1 aromatic heterocycles. The van der Waals surface area contributed by atoms with Gasteiger partial charge in [0.2, 0.25) is 0 Å². The molecule has 1 N–H and O–H groups in total. The smallest absolute Gasteiger partial charge is 0.363 e. The number of hydrogen-bond donors (Lipinski definition) is 1. The highest BCUT2D eigenvalue weighted by Gasteiger charge is 2.27. The Labute approximate surface area is 175 Å². The first-order valence-electron chi connectivity index (χ1n) is 10.5. The van der Waals surface area contributed by atoms with Crippen molar-refractivity contribution in [3.05, 3.63) is 64.0 Å². The number of nitrogens with zero attached hydrogens (tertiary/aromatic N) is 1. The molecule has 1 aliphatic heterocycles. The molecule has 156 valence electrons. The molecule has 0 saturated carbocycles. The summed E-state index contributed by atoms with van der Waals surface area (Å²) in [6.45, 7) is 1.56. The van der Waals surface area contributed by atoms with Gasteiger partial charge in [-0.25, -0.2) is 13.2 Å². The van der Waals surface area contributed by atoms with Crippen LogP contribution in [0.1, 0.15) is 36.8 Å². The van der Waals surface area contributed by atoms with E-state index in [1.165, 1.54) is 5.56 Å². The van der Waals surface area contributed by atoms with Crippen LogP contribution < -0.4 is 15.2 Å². The predicted molar refractivity (Wildman–Crippen MR) is 118 cm³/mol. The fourth-order valence-electron chi connectivity index (χ4n) is 4.56. The highest BCUT2D eigenvalue weighted by atomic mass is 32.2. The minimum absolute atomic E-state index is 0.00618. The second-order valence-electron chi connectivity index (χ2n) is 8.05. The number of nitrogens with one attached hydrogen (secondary N) is 1. The van der Waals surface area contributed by atoms with Crippen molar-refractivity contribution in [3.8, 4) is 0 Å². The second-order valence-corrected chi connectivity index (χ2v) is 9.73. The van der Waals surface area contributed by atoms with E-state index in [0.29, 0.717) is 11.3 Å². The Morgan fingerprint density at radius 3 is 2.43 bits per heavy atom. The molecule has 0 spiro atoms. The van der Waals surface area contributed by atoms with Gasteiger partial charge in [0.15, 0.2) is 5.69 Å². The standard InChI is InChI=1S/C23H24N2O4S/c26-23-21(22(25-13-5-6-14-25)19-9-3-4-10-20(19)29-23)24-30(27,28)18-12-11-16-7-1-2-8-17(16)15-18/h3-4,9-12,15,24H,1-2,5-8,13-14H2. The summed E-state index contributed by atoms with van der Waals surface area (Å²) in [7, 11) is -3.93. The molecule has 0 atom stereocenters. The fourth-order valence-corrected chi connectivity index (χ4v) is 5.67. The van der Waals surface area contributed by atoms with Crippen molar-refractivity contribution in [1.29, 1.82) is 0 Å². The molecule has 2 heterocycles. The summed E-state index contributed by atoms with van der Waals surface area (Å²) in [5.41, 5.74) is 2.69. The zero-order valence-corrected chi connectivity index (χ0v) is 17.5. The molecule has 30 heavy (non-hydrogen) atoms. The van der Waals surface area contributed by atoms with Gasteiger partial charge in [0.05, 0.1) is 10.6 Å². The Morgan fingerprint density at radius 1 is 0.900 bits per heavy atom. The fraction of sp³-hybridized carbons (Fsp3) is 0.348. The number of hydrogen-bond acceptors (Lipinski definition) is 5. The molecule has 2 aromatic carbocycles. The molecular weight excluding hydrogens is 400 g/mol. The highest BCUT2D eigenvalue weighted by molar-refractivity contribution is 7.92. The molecule has 0 bridgehead atoms. The summed E-state index contributed by atoms with van der Waals surface area (Å²) >= 11 is 0. The molecule has 1 fully saturated rings. The van der Waals surface area contributed by atoms with Gasteiger partial charge in [0.1, 0.15) is 5.58 Å².